The minimum Gasteiger partial charge on any atom is -0.334 e. The first-order chi connectivity index (χ1) is 9.15. The Morgan fingerprint density at radius 3 is 2.74 bits per heavy atom. The van der Waals surface area contributed by atoms with Gasteiger partial charge in [-0.15, -0.1) is 0 Å². The summed E-state index contributed by atoms with van der Waals surface area (Å²) in [6.07, 6.45) is 1.01. The van der Waals surface area contributed by atoms with E-state index in [1.165, 1.54) is 5.56 Å². The van der Waals surface area contributed by atoms with Crippen molar-refractivity contribution in [2.45, 2.75) is 32.1 Å². The summed E-state index contributed by atoms with van der Waals surface area (Å²) in [7, 11) is 0. The van der Waals surface area contributed by atoms with E-state index < -0.39 is 0 Å². The topological polar surface area (TPSA) is 64.9 Å². The van der Waals surface area contributed by atoms with Crippen LogP contribution in [0, 0.1) is 6.92 Å². The van der Waals surface area contributed by atoms with Crippen LogP contribution in [0.3, 0.4) is 0 Å². The molecule has 0 saturated carbocycles. The molecule has 1 unspecified atom stereocenters. The highest BCUT2D eigenvalue weighted by atomic mass is 32.2. The van der Waals surface area contributed by atoms with E-state index in [0.29, 0.717) is 5.89 Å². The van der Waals surface area contributed by atoms with Crippen LogP contribution in [0.2, 0.25) is 0 Å². The second-order valence-corrected chi connectivity index (χ2v) is 5.81. The lowest BCUT2D eigenvalue weighted by Crippen LogP contribution is -2.15. The van der Waals surface area contributed by atoms with Gasteiger partial charge in [0.25, 0.3) is 5.89 Å². The smallest absolute Gasteiger partial charge is 0.257 e. The molecule has 4 nitrogen and oxygen atoms in total. The molecule has 102 valence electrons. The second-order valence-electron chi connectivity index (χ2n) is 4.70. The molecule has 0 aliphatic carbocycles. The molecule has 0 saturated heterocycles. The minimum atomic E-state index is 0.251. The highest BCUT2D eigenvalue weighted by Crippen LogP contribution is 2.19. The molecule has 5 heteroatoms. The van der Waals surface area contributed by atoms with Gasteiger partial charge in [0.1, 0.15) is 0 Å². The number of nitrogens with zero attached hydrogens (tertiary/aromatic N) is 2. The van der Waals surface area contributed by atoms with E-state index in [1.807, 2.05) is 31.2 Å². The molecule has 1 heterocycles. The number of benzene rings is 1. The first kappa shape index (κ1) is 14.1. The van der Waals surface area contributed by atoms with Crippen LogP contribution in [0.4, 0.5) is 0 Å². The van der Waals surface area contributed by atoms with Crippen LogP contribution in [-0.2, 0) is 5.75 Å². The number of hydrogen-bond acceptors (Lipinski definition) is 5. The van der Waals surface area contributed by atoms with Gasteiger partial charge in [0.15, 0.2) is 5.82 Å². The van der Waals surface area contributed by atoms with Crippen molar-refractivity contribution in [3.05, 3.63) is 35.7 Å². The largest absolute Gasteiger partial charge is 0.334 e. The maximum atomic E-state index is 5.70. The standard InChI is InChI=1S/C14H19N3OS/c1-10-3-5-12(6-4-10)14-16-13(17-18-14)9-19-8-7-11(2)15/h3-6,11H,7-9,15H2,1-2H3. The molecule has 0 bridgehead atoms. The van der Waals surface area contributed by atoms with Crippen molar-refractivity contribution in [2.24, 2.45) is 5.73 Å². The Balaban J connectivity index is 1.90. The van der Waals surface area contributed by atoms with Crippen LogP contribution >= 0.6 is 11.8 Å². The Morgan fingerprint density at radius 1 is 1.32 bits per heavy atom. The van der Waals surface area contributed by atoms with E-state index in [9.17, 15) is 0 Å². The SMILES string of the molecule is Cc1ccc(-c2nc(CSCCC(C)N)no2)cc1. The maximum Gasteiger partial charge on any atom is 0.257 e. The van der Waals surface area contributed by atoms with Crippen LogP contribution in [0.15, 0.2) is 28.8 Å². The van der Waals surface area contributed by atoms with Crippen LogP contribution in [0.25, 0.3) is 11.5 Å². The maximum absolute atomic E-state index is 5.70. The third kappa shape index (κ3) is 4.36. The molecular weight excluding hydrogens is 258 g/mol. The van der Waals surface area contributed by atoms with Crippen molar-refractivity contribution in [1.29, 1.82) is 0 Å². The number of nitrogens with two attached hydrogens (primary N) is 1. The van der Waals surface area contributed by atoms with Gasteiger partial charge in [0, 0.05) is 11.6 Å². The van der Waals surface area contributed by atoms with Crippen molar-refractivity contribution in [1.82, 2.24) is 10.1 Å². The van der Waals surface area contributed by atoms with Gasteiger partial charge in [-0.3, -0.25) is 0 Å². The Bertz CT molecular complexity index is 508. The monoisotopic (exact) mass is 277 g/mol. The van der Waals surface area contributed by atoms with Crippen LogP contribution in [0.1, 0.15) is 24.7 Å². The summed E-state index contributed by atoms with van der Waals surface area (Å²) in [4.78, 5) is 4.40. The first-order valence-corrected chi connectivity index (χ1v) is 7.53. The number of aryl methyl sites for hydroxylation is 1. The Hall–Kier alpha value is -1.33. The van der Waals surface area contributed by atoms with Gasteiger partial charge in [0.2, 0.25) is 0 Å². The van der Waals surface area contributed by atoms with E-state index in [4.69, 9.17) is 10.3 Å². The van der Waals surface area contributed by atoms with Crippen molar-refractivity contribution in [2.75, 3.05) is 5.75 Å². The van der Waals surface area contributed by atoms with Crippen molar-refractivity contribution >= 4 is 11.8 Å². The molecule has 2 rings (SSSR count). The number of hydrogen-bond donors (Lipinski definition) is 1. The summed E-state index contributed by atoms with van der Waals surface area (Å²) in [5, 5.41) is 3.99. The van der Waals surface area contributed by atoms with Gasteiger partial charge < -0.3 is 10.3 Å². The predicted molar refractivity (Wildman–Crippen MR) is 78.9 cm³/mol. The predicted octanol–water partition coefficient (Wildman–Crippen LogP) is 3.02. The molecule has 1 aromatic carbocycles. The molecular formula is C14H19N3OS. The normalized spacial score (nSPS) is 12.6. The van der Waals surface area contributed by atoms with Crippen molar-refractivity contribution in [3.63, 3.8) is 0 Å². The highest BCUT2D eigenvalue weighted by Gasteiger charge is 2.08. The average molecular weight is 277 g/mol. The summed E-state index contributed by atoms with van der Waals surface area (Å²) in [6, 6.07) is 8.32. The van der Waals surface area contributed by atoms with E-state index in [-0.39, 0.29) is 6.04 Å². The summed E-state index contributed by atoms with van der Waals surface area (Å²) >= 11 is 1.78. The molecule has 0 spiro atoms. The lowest BCUT2D eigenvalue weighted by Gasteiger charge is -2.02. The number of aromatic nitrogens is 2. The van der Waals surface area contributed by atoms with E-state index in [0.717, 1.165) is 29.3 Å². The van der Waals surface area contributed by atoms with Gasteiger partial charge >= 0.3 is 0 Å². The molecule has 0 fully saturated rings. The van der Waals surface area contributed by atoms with Crippen molar-refractivity contribution < 1.29 is 4.52 Å². The van der Waals surface area contributed by atoms with Crippen LogP contribution < -0.4 is 5.73 Å². The lowest BCUT2D eigenvalue weighted by atomic mass is 10.1. The van der Waals surface area contributed by atoms with Crippen LogP contribution in [0.5, 0.6) is 0 Å². The summed E-state index contributed by atoms with van der Waals surface area (Å²) in [5.41, 5.74) is 7.88. The van der Waals surface area contributed by atoms with Gasteiger partial charge in [-0.2, -0.15) is 16.7 Å². The van der Waals surface area contributed by atoms with Gasteiger partial charge in [0.05, 0.1) is 5.75 Å². The zero-order chi connectivity index (χ0) is 13.7. The molecule has 0 aliphatic heterocycles. The Kier molecular flexibility index (Phi) is 4.99. The lowest BCUT2D eigenvalue weighted by molar-refractivity contribution is 0.425. The molecule has 1 aromatic heterocycles. The third-order valence-corrected chi connectivity index (χ3v) is 3.70. The van der Waals surface area contributed by atoms with Gasteiger partial charge in [-0.1, -0.05) is 22.9 Å². The summed E-state index contributed by atoms with van der Waals surface area (Å²) in [5.74, 6) is 3.11. The first-order valence-electron chi connectivity index (χ1n) is 6.38. The Labute approximate surface area is 117 Å². The molecule has 1 atom stereocenters. The van der Waals surface area contributed by atoms with Gasteiger partial charge in [-0.05, 0) is 38.2 Å². The van der Waals surface area contributed by atoms with E-state index in [2.05, 4.69) is 17.1 Å². The molecule has 0 aliphatic rings. The number of thioether (sulfide) groups is 1. The van der Waals surface area contributed by atoms with Crippen molar-refractivity contribution in [3.8, 4) is 11.5 Å². The zero-order valence-electron chi connectivity index (χ0n) is 11.3. The molecule has 2 aromatic rings. The quantitative estimate of drug-likeness (QED) is 0.822. The fourth-order valence-electron chi connectivity index (χ4n) is 1.56. The molecule has 19 heavy (non-hydrogen) atoms. The fourth-order valence-corrected chi connectivity index (χ4v) is 2.54. The van der Waals surface area contributed by atoms with E-state index in [1.54, 1.807) is 11.8 Å². The zero-order valence-corrected chi connectivity index (χ0v) is 12.1. The average Bonchev–Trinajstić information content (AvgIpc) is 2.84. The fraction of sp³-hybridized carbons (Fsp3) is 0.429. The molecule has 0 amide bonds. The second kappa shape index (κ2) is 6.73. The molecule has 2 N–H and O–H groups in total. The van der Waals surface area contributed by atoms with Crippen LogP contribution in [-0.4, -0.2) is 21.9 Å². The third-order valence-electron chi connectivity index (χ3n) is 2.72. The summed E-state index contributed by atoms with van der Waals surface area (Å²) < 4.78 is 5.27. The number of rotatable bonds is 6. The van der Waals surface area contributed by atoms with E-state index >= 15 is 0 Å². The van der Waals surface area contributed by atoms with Gasteiger partial charge in [-0.25, -0.2) is 0 Å². The molecule has 0 radical (unpaired) electrons. The highest BCUT2D eigenvalue weighted by molar-refractivity contribution is 7.98. The minimum absolute atomic E-state index is 0.251. The Morgan fingerprint density at radius 2 is 2.05 bits per heavy atom. The summed E-state index contributed by atoms with van der Waals surface area (Å²) in [6.45, 7) is 4.07.